The molecule has 142 valence electrons. The van der Waals surface area contributed by atoms with Crippen LogP contribution in [-0.4, -0.2) is 15.5 Å². The molecule has 0 bridgehead atoms. The van der Waals surface area contributed by atoms with Gasteiger partial charge in [-0.25, -0.2) is 4.98 Å². The first-order chi connectivity index (χ1) is 12.8. The molecule has 1 heterocycles. The maximum absolute atomic E-state index is 11.1. The second-order valence-electron chi connectivity index (χ2n) is 7.54. The number of anilines is 2. The number of hydrogen-bond acceptors (Lipinski definition) is 4. The van der Waals surface area contributed by atoms with E-state index in [1.54, 1.807) is 0 Å². The van der Waals surface area contributed by atoms with E-state index in [0.717, 1.165) is 39.7 Å². The zero-order valence-corrected chi connectivity index (χ0v) is 17.3. The summed E-state index contributed by atoms with van der Waals surface area (Å²) >= 11 is 1.53. The average Bonchev–Trinajstić information content (AvgIpc) is 2.99. The second-order valence-corrected chi connectivity index (χ2v) is 8.42. The zero-order chi connectivity index (χ0) is 19.6. The van der Waals surface area contributed by atoms with Crippen LogP contribution in [0.25, 0.3) is 11.0 Å². The number of imidazole rings is 1. The topological polar surface area (TPSA) is 59.0 Å². The number of carbonyl (C=O) groups excluding carboxylic acids is 1. The lowest BCUT2D eigenvalue weighted by atomic mass is 9.96. The van der Waals surface area contributed by atoms with Crippen molar-refractivity contribution in [1.29, 1.82) is 0 Å². The molecule has 3 rings (SSSR count). The standard InChI is InChI=1S/C21H26N4OS/c1-6-25-19-12-9-16(13-18(19)23-20(25)21(3,4)5)24-27-17-10-7-15(8-11-17)22-14(2)26/h7-13,24H,6H2,1-5H3,(H,22,26). The first-order valence-electron chi connectivity index (χ1n) is 9.09. The lowest BCUT2D eigenvalue weighted by Crippen LogP contribution is -2.18. The first-order valence-corrected chi connectivity index (χ1v) is 9.91. The number of hydrogen-bond donors (Lipinski definition) is 2. The van der Waals surface area contributed by atoms with Crippen molar-refractivity contribution in [3.8, 4) is 0 Å². The van der Waals surface area contributed by atoms with Crippen LogP contribution in [0.5, 0.6) is 0 Å². The summed E-state index contributed by atoms with van der Waals surface area (Å²) < 4.78 is 5.66. The Kier molecular flexibility index (Phi) is 5.46. The largest absolute Gasteiger partial charge is 0.328 e. The molecule has 5 nitrogen and oxygen atoms in total. The summed E-state index contributed by atoms with van der Waals surface area (Å²) in [5, 5.41) is 2.77. The van der Waals surface area contributed by atoms with Gasteiger partial charge in [-0.05, 0) is 61.3 Å². The maximum atomic E-state index is 11.1. The Labute approximate surface area is 164 Å². The molecule has 0 fully saturated rings. The van der Waals surface area contributed by atoms with Gasteiger partial charge >= 0.3 is 0 Å². The van der Waals surface area contributed by atoms with Gasteiger partial charge in [0.15, 0.2) is 0 Å². The van der Waals surface area contributed by atoms with Gasteiger partial charge in [0.25, 0.3) is 0 Å². The van der Waals surface area contributed by atoms with E-state index in [9.17, 15) is 4.79 Å². The molecule has 0 aliphatic rings. The molecule has 2 N–H and O–H groups in total. The van der Waals surface area contributed by atoms with E-state index in [1.807, 2.05) is 24.3 Å². The predicted molar refractivity (Wildman–Crippen MR) is 114 cm³/mol. The molecule has 0 atom stereocenters. The van der Waals surface area contributed by atoms with Crippen LogP contribution in [0.15, 0.2) is 47.4 Å². The van der Waals surface area contributed by atoms with Gasteiger partial charge in [-0.3, -0.25) is 4.79 Å². The number of nitrogens with zero attached hydrogens (tertiary/aromatic N) is 2. The van der Waals surface area contributed by atoms with E-state index >= 15 is 0 Å². The molecule has 0 unspecified atom stereocenters. The molecule has 0 spiro atoms. The molecule has 0 aliphatic heterocycles. The van der Waals surface area contributed by atoms with Crippen LogP contribution in [0.4, 0.5) is 11.4 Å². The van der Waals surface area contributed by atoms with Gasteiger partial charge in [0.1, 0.15) is 5.82 Å². The molecule has 2 aromatic carbocycles. The summed E-state index contributed by atoms with van der Waals surface area (Å²) in [5.74, 6) is 1.04. The number of amides is 1. The number of rotatable bonds is 5. The Morgan fingerprint density at radius 1 is 1.11 bits per heavy atom. The fraction of sp³-hybridized carbons (Fsp3) is 0.333. The summed E-state index contributed by atoms with van der Waals surface area (Å²) in [7, 11) is 0. The number of benzene rings is 2. The van der Waals surface area contributed by atoms with Gasteiger partial charge in [0, 0.05) is 35.2 Å². The summed E-state index contributed by atoms with van der Waals surface area (Å²) in [6, 6.07) is 14.1. The fourth-order valence-corrected chi connectivity index (χ4v) is 3.65. The minimum Gasteiger partial charge on any atom is -0.328 e. The lowest BCUT2D eigenvalue weighted by Gasteiger charge is -2.19. The highest BCUT2D eigenvalue weighted by molar-refractivity contribution is 8.00. The maximum Gasteiger partial charge on any atom is 0.221 e. The van der Waals surface area contributed by atoms with E-state index < -0.39 is 0 Å². The van der Waals surface area contributed by atoms with Crippen LogP contribution in [0.2, 0.25) is 0 Å². The van der Waals surface area contributed by atoms with Gasteiger partial charge in [-0.15, -0.1) is 0 Å². The van der Waals surface area contributed by atoms with E-state index in [4.69, 9.17) is 4.98 Å². The Hall–Kier alpha value is -2.47. The van der Waals surface area contributed by atoms with Crippen molar-refractivity contribution >= 4 is 40.3 Å². The molecular weight excluding hydrogens is 356 g/mol. The zero-order valence-electron chi connectivity index (χ0n) is 16.5. The van der Waals surface area contributed by atoms with Crippen LogP contribution in [0, 0.1) is 0 Å². The van der Waals surface area contributed by atoms with Gasteiger partial charge in [-0.1, -0.05) is 20.8 Å². The summed E-state index contributed by atoms with van der Waals surface area (Å²) in [6.45, 7) is 11.2. The highest BCUT2D eigenvalue weighted by atomic mass is 32.2. The van der Waals surface area contributed by atoms with Crippen molar-refractivity contribution in [2.24, 2.45) is 0 Å². The second kappa shape index (κ2) is 7.64. The number of nitrogens with one attached hydrogen (secondary N) is 2. The van der Waals surface area contributed by atoms with Crippen LogP contribution in [-0.2, 0) is 16.8 Å². The monoisotopic (exact) mass is 382 g/mol. The lowest BCUT2D eigenvalue weighted by molar-refractivity contribution is -0.114. The number of carbonyl (C=O) groups is 1. The van der Waals surface area contributed by atoms with Gasteiger partial charge < -0.3 is 14.6 Å². The van der Waals surface area contributed by atoms with Crippen molar-refractivity contribution in [2.45, 2.75) is 51.5 Å². The Morgan fingerprint density at radius 3 is 2.37 bits per heavy atom. The van der Waals surface area contributed by atoms with Crippen molar-refractivity contribution in [3.63, 3.8) is 0 Å². The average molecular weight is 383 g/mol. The van der Waals surface area contributed by atoms with Crippen molar-refractivity contribution in [3.05, 3.63) is 48.3 Å². The molecule has 1 amide bonds. The molecular formula is C21H26N4OS. The highest BCUT2D eigenvalue weighted by Gasteiger charge is 2.22. The first kappa shape index (κ1) is 19.3. The van der Waals surface area contributed by atoms with Crippen LogP contribution >= 0.6 is 11.9 Å². The Morgan fingerprint density at radius 2 is 1.78 bits per heavy atom. The molecule has 27 heavy (non-hydrogen) atoms. The highest BCUT2D eigenvalue weighted by Crippen LogP contribution is 2.29. The van der Waals surface area contributed by atoms with Crippen LogP contribution < -0.4 is 10.0 Å². The fourth-order valence-electron chi connectivity index (χ4n) is 3.01. The SMILES string of the molecule is CCn1c(C(C)(C)C)nc2cc(NSc3ccc(NC(C)=O)cc3)ccc21. The van der Waals surface area contributed by atoms with Crippen molar-refractivity contribution < 1.29 is 4.79 Å². The number of aromatic nitrogens is 2. The summed E-state index contributed by atoms with van der Waals surface area (Å²) in [4.78, 5) is 17.0. The molecule has 0 saturated carbocycles. The van der Waals surface area contributed by atoms with E-state index in [1.165, 1.54) is 18.9 Å². The molecule has 0 saturated heterocycles. The third-order valence-electron chi connectivity index (χ3n) is 4.20. The Balaban J connectivity index is 1.77. The van der Waals surface area contributed by atoms with E-state index in [-0.39, 0.29) is 11.3 Å². The molecule has 1 aromatic heterocycles. The van der Waals surface area contributed by atoms with E-state index in [0.29, 0.717) is 0 Å². The van der Waals surface area contributed by atoms with Gasteiger partial charge in [0.05, 0.1) is 11.0 Å². The van der Waals surface area contributed by atoms with Gasteiger partial charge in [-0.2, -0.15) is 0 Å². The van der Waals surface area contributed by atoms with Crippen molar-refractivity contribution in [1.82, 2.24) is 9.55 Å². The smallest absolute Gasteiger partial charge is 0.221 e. The summed E-state index contributed by atoms with van der Waals surface area (Å²) in [5.41, 5.74) is 3.99. The quantitative estimate of drug-likeness (QED) is 0.578. The summed E-state index contributed by atoms with van der Waals surface area (Å²) in [6.07, 6.45) is 0. The third-order valence-corrected chi connectivity index (χ3v) is 5.04. The third kappa shape index (κ3) is 4.45. The predicted octanol–water partition coefficient (Wildman–Crippen LogP) is 5.43. The Bertz CT molecular complexity index is 955. The van der Waals surface area contributed by atoms with Gasteiger partial charge in [0.2, 0.25) is 5.91 Å². The molecule has 0 radical (unpaired) electrons. The van der Waals surface area contributed by atoms with Crippen LogP contribution in [0.1, 0.15) is 40.4 Å². The minimum atomic E-state index is -0.0667. The normalized spacial score (nSPS) is 11.6. The molecule has 3 aromatic rings. The van der Waals surface area contributed by atoms with Crippen LogP contribution in [0.3, 0.4) is 0 Å². The van der Waals surface area contributed by atoms with Crippen molar-refractivity contribution in [2.75, 3.05) is 10.0 Å². The van der Waals surface area contributed by atoms with E-state index in [2.05, 4.69) is 60.5 Å². The number of fused-ring (bicyclic) bond motifs is 1. The number of aryl methyl sites for hydroxylation is 1. The minimum absolute atomic E-state index is 0.00697. The molecule has 0 aliphatic carbocycles. The molecule has 6 heteroatoms.